The molecule has 2 rings (SSSR count). The van der Waals surface area contributed by atoms with Gasteiger partial charge < -0.3 is 10.0 Å². The Kier molecular flexibility index (Phi) is 4.47. The summed E-state index contributed by atoms with van der Waals surface area (Å²) in [5.41, 5.74) is 0.807. The fourth-order valence-electron chi connectivity index (χ4n) is 2.20. The Balaban J connectivity index is 2.08. The van der Waals surface area contributed by atoms with Gasteiger partial charge in [0.2, 0.25) is 5.91 Å². The van der Waals surface area contributed by atoms with E-state index in [-0.39, 0.29) is 17.9 Å². The zero-order chi connectivity index (χ0) is 13.8. The van der Waals surface area contributed by atoms with E-state index < -0.39 is 5.97 Å². The number of carbonyl (C=O) groups is 2. The number of carboxylic acids is 1. The van der Waals surface area contributed by atoms with Crippen LogP contribution in [0.4, 0.5) is 0 Å². The van der Waals surface area contributed by atoms with Crippen LogP contribution in [0.15, 0.2) is 24.3 Å². The van der Waals surface area contributed by atoms with Crippen LogP contribution in [-0.2, 0) is 11.2 Å². The van der Waals surface area contributed by atoms with Gasteiger partial charge in [0.05, 0.1) is 12.0 Å². The molecule has 1 heterocycles. The number of thioether (sulfide) groups is 1. The third-order valence-corrected chi connectivity index (χ3v) is 4.32. The molecule has 1 aliphatic heterocycles. The molecule has 1 aromatic carbocycles. The number of nitrogens with zero attached hydrogens (tertiary/aromatic N) is 1. The third kappa shape index (κ3) is 3.50. The average molecular weight is 279 g/mol. The first-order valence-corrected chi connectivity index (χ1v) is 7.33. The summed E-state index contributed by atoms with van der Waals surface area (Å²) >= 11 is 1.87. The zero-order valence-electron chi connectivity index (χ0n) is 10.8. The van der Waals surface area contributed by atoms with E-state index in [1.54, 1.807) is 24.3 Å². The quantitative estimate of drug-likeness (QED) is 0.918. The fraction of sp³-hybridized carbons (Fsp3) is 0.429. The maximum Gasteiger partial charge on any atom is 0.335 e. The highest BCUT2D eigenvalue weighted by atomic mass is 32.2. The van der Waals surface area contributed by atoms with Gasteiger partial charge in [-0.05, 0) is 11.6 Å². The largest absolute Gasteiger partial charge is 0.478 e. The Labute approximate surface area is 116 Å². The van der Waals surface area contributed by atoms with Crippen LogP contribution in [0.2, 0.25) is 0 Å². The normalized spacial score (nSPS) is 19.2. The molecule has 19 heavy (non-hydrogen) atoms. The summed E-state index contributed by atoms with van der Waals surface area (Å²) in [6.45, 7) is 3.61. The maximum absolute atomic E-state index is 12.2. The van der Waals surface area contributed by atoms with Gasteiger partial charge in [0, 0.05) is 24.1 Å². The predicted molar refractivity (Wildman–Crippen MR) is 75.6 cm³/mol. The molecule has 1 fully saturated rings. The molecule has 0 aromatic heterocycles. The highest BCUT2D eigenvalue weighted by Gasteiger charge is 2.22. The zero-order valence-corrected chi connectivity index (χ0v) is 11.7. The Morgan fingerprint density at radius 2 is 2.16 bits per heavy atom. The summed E-state index contributed by atoms with van der Waals surface area (Å²) in [6, 6.07) is 6.70. The molecule has 0 aliphatic carbocycles. The molecule has 0 bridgehead atoms. The van der Waals surface area contributed by atoms with Gasteiger partial charge in [-0.3, -0.25) is 4.79 Å². The second-order valence-corrected chi connectivity index (χ2v) is 6.21. The van der Waals surface area contributed by atoms with Crippen molar-refractivity contribution in [3.05, 3.63) is 35.4 Å². The number of aromatic carboxylic acids is 1. The minimum Gasteiger partial charge on any atom is -0.478 e. The Morgan fingerprint density at radius 1 is 1.42 bits per heavy atom. The van der Waals surface area contributed by atoms with Crippen LogP contribution in [0.25, 0.3) is 0 Å². The van der Waals surface area contributed by atoms with Crippen LogP contribution in [0.5, 0.6) is 0 Å². The molecule has 1 unspecified atom stereocenters. The second kappa shape index (κ2) is 6.10. The van der Waals surface area contributed by atoms with Crippen molar-refractivity contribution in [2.24, 2.45) is 0 Å². The standard InChI is InChI=1S/C14H17NO3S/c1-10-9-15(6-7-19-10)13(16)8-11-4-2-3-5-12(11)14(17)18/h2-5,10H,6-9H2,1H3,(H,17,18). The molecule has 0 spiro atoms. The number of carboxylic acid groups (broad SMARTS) is 1. The summed E-state index contributed by atoms with van der Waals surface area (Å²) in [7, 11) is 0. The van der Waals surface area contributed by atoms with Gasteiger partial charge in [-0.2, -0.15) is 11.8 Å². The number of amides is 1. The highest BCUT2D eigenvalue weighted by molar-refractivity contribution is 7.99. The van der Waals surface area contributed by atoms with E-state index in [1.807, 2.05) is 16.7 Å². The lowest BCUT2D eigenvalue weighted by Crippen LogP contribution is -2.41. The highest BCUT2D eigenvalue weighted by Crippen LogP contribution is 2.19. The lowest BCUT2D eigenvalue weighted by Gasteiger charge is -2.30. The number of carbonyl (C=O) groups excluding carboxylic acids is 1. The molecule has 0 radical (unpaired) electrons. The van der Waals surface area contributed by atoms with E-state index in [1.165, 1.54) is 0 Å². The third-order valence-electron chi connectivity index (χ3n) is 3.18. The van der Waals surface area contributed by atoms with Crippen molar-refractivity contribution < 1.29 is 14.7 Å². The smallest absolute Gasteiger partial charge is 0.335 e. The van der Waals surface area contributed by atoms with E-state index in [9.17, 15) is 9.59 Å². The predicted octanol–water partition coefficient (Wildman–Crippen LogP) is 1.89. The summed E-state index contributed by atoms with van der Waals surface area (Å²) in [5.74, 6) is -0.0140. The summed E-state index contributed by atoms with van der Waals surface area (Å²) in [6.07, 6.45) is 0.167. The number of benzene rings is 1. The van der Waals surface area contributed by atoms with E-state index >= 15 is 0 Å². The molecule has 1 aromatic rings. The Bertz CT molecular complexity index is 489. The Morgan fingerprint density at radius 3 is 2.84 bits per heavy atom. The van der Waals surface area contributed by atoms with Crippen molar-refractivity contribution in [1.82, 2.24) is 4.90 Å². The number of hydrogen-bond donors (Lipinski definition) is 1. The van der Waals surface area contributed by atoms with Gasteiger partial charge in [0.15, 0.2) is 0 Å². The molecule has 1 N–H and O–H groups in total. The molecule has 1 atom stereocenters. The van der Waals surface area contributed by atoms with Crippen LogP contribution in [-0.4, -0.2) is 46.0 Å². The van der Waals surface area contributed by atoms with E-state index in [2.05, 4.69) is 6.92 Å². The topological polar surface area (TPSA) is 57.6 Å². The van der Waals surface area contributed by atoms with Gasteiger partial charge in [0.1, 0.15) is 0 Å². The van der Waals surface area contributed by atoms with Crippen molar-refractivity contribution in [1.29, 1.82) is 0 Å². The molecule has 5 heteroatoms. The van der Waals surface area contributed by atoms with Crippen LogP contribution in [0.1, 0.15) is 22.8 Å². The average Bonchev–Trinajstić information content (AvgIpc) is 2.39. The minimum absolute atomic E-state index is 0.0147. The van der Waals surface area contributed by atoms with Gasteiger partial charge in [-0.1, -0.05) is 25.1 Å². The van der Waals surface area contributed by atoms with Gasteiger partial charge in [0.25, 0.3) is 0 Å². The first-order valence-electron chi connectivity index (χ1n) is 6.28. The summed E-state index contributed by atoms with van der Waals surface area (Å²) in [5, 5.41) is 9.55. The van der Waals surface area contributed by atoms with Crippen molar-refractivity contribution >= 4 is 23.6 Å². The van der Waals surface area contributed by atoms with Crippen LogP contribution in [0, 0.1) is 0 Å². The first-order chi connectivity index (χ1) is 9.08. The van der Waals surface area contributed by atoms with Crippen molar-refractivity contribution in [2.75, 3.05) is 18.8 Å². The number of hydrogen-bond acceptors (Lipinski definition) is 3. The van der Waals surface area contributed by atoms with Gasteiger partial charge in [-0.15, -0.1) is 0 Å². The molecule has 1 aliphatic rings. The van der Waals surface area contributed by atoms with Gasteiger partial charge in [-0.25, -0.2) is 4.79 Å². The lowest BCUT2D eigenvalue weighted by molar-refractivity contribution is -0.130. The fourth-order valence-corrected chi connectivity index (χ4v) is 3.22. The summed E-state index contributed by atoms with van der Waals surface area (Å²) < 4.78 is 0. The van der Waals surface area contributed by atoms with E-state index in [0.29, 0.717) is 10.8 Å². The summed E-state index contributed by atoms with van der Waals surface area (Å²) in [4.78, 5) is 25.1. The first kappa shape index (κ1) is 13.9. The van der Waals surface area contributed by atoms with Crippen LogP contribution >= 0.6 is 11.8 Å². The number of rotatable bonds is 3. The molecular weight excluding hydrogens is 262 g/mol. The van der Waals surface area contributed by atoms with Crippen molar-refractivity contribution in [3.8, 4) is 0 Å². The molecule has 102 valence electrons. The molecule has 1 saturated heterocycles. The van der Waals surface area contributed by atoms with E-state index in [0.717, 1.165) is 18.8 Å². The molecule has 0 saturated carbocycles. The SMILES string of the molecule is CC1CN(C(=O)Cc2ccccc2C(=O)O)CCS1. The monoisotopic (exact) mass is 279 g/mol. The molecular formula is C14H17NO3S. The van der Waals surface area contributed by atoms with Gasteiger partial charge >= 0.3 is 5.97 Å². The molecule has 1 amide bonds. The maximum atomic E-state index is 12.2. The molecule has 4 nitrogen and oxygen atoms in total. The van der Waals surface area contributed by atoms with E-state index in [4.69, 9.17) is 5.11 Å². The van der Waals surface area contributed by atoms with Crippen LogP contribution < -0.4 is 0 Å². The lowest BCUT2D eigenvalue weighted by atomic mass is 10.0. The van der Waals surface area contributed by atoms with Crippen LogP contribution in [0.3, 0.4) is 0 Å². The minimum atomic E-state index is -0.981. The Hall–Kier alpha value is -1.49. The second-order valence-electron chi connectivity index (χ2n) is 4.66. The van der Waals surface area contributed by atoms with Crippen molar-refractivity contribution in [3.63, 3.8) is 0 Å². The van der Waals surface area contributed by atoms with Crippen molar-refractivity contribution in [2.45, 2.75) is 18.6 Å².